The van der Waals surface area contributed by atoms with E-state index in [0.29, 0.717) is 0 Å². The van der Waals surface area contributed by atoms with Crippen molar-refractivity contribution in [1.82, 2.24) is 5.32 Å². The van der Waals surface area contributed by atoms with Crippen molar-refractivity contribution in [2.75, 3.05) is 37.7 Å². The molecule has 4 heteroatoms. The topological polar surface area (TPSA) is 24.5 Å². The molecule has 0 aliphatic rings. The van der Waals surface area contributed by atoms with Gasteiger partial charge in [-0.2, -0.15) is 0 Å². The molecule has 1 aromatic rings. The number of nitrogens with one attached hydrogen (secondary N) is 1. The first-order valence-electron chi connectivity index (χ1n) is 8.54. The second-order valence-electron chi connectivity index (χ2n) is 5.50. The third kappa shape index (κ3) is 6.75. The highest BCUT2D eigenvalue weighted by Gasteiger charge is 2.11. The summed E-state index contributed by atoms with van der Waals surface area (Å²) in [7, 11) is 0. The van der Waals surface area contributed by atoms with Gasteiger partial charge in [-0.3, -0.25) is 0 Å². The van der Waals surface area contributed by atoms with Crippen LogP contribution in [0.5, 0.6) is 0 Å². The maximum atomic E-state index is 14.1. The van der Waals surface area contributed by atoms with Crippen LogP contribution in [0.3, 0.4) is 0 Å². The molecule has 0 aliphatic carbocycles. The average Bonchev–Trinajstić information content (AvgIpc) is 2.52. The summed E-state index contributed by atoms with van der Waals surface area (Å²) in [4.78, 5) is 2.15. The molecular weight excluding hydrogens is 279 g/mol. The van der Waals surface area contributed by atoms with E-state index in [0.717, 1.165) is 69.9 Å². The minimum absolute atomic E-state index is 0.123. The molecule has 1 rings (SSSR count). The van der Waals surface area contributed by atoms with Crippen molar-refractivity contribution in [2.24, 2.45) is 0 Å². The first kappa shape index (κ1) is 18.9. The fraction of sp³-hybridized carbons (Fsp3) is 0.667. The Balaban J connectivity index is 2.56. The molecule has 1 N–H and O–H groups in total. The highest BCUT2D eigenvalue weighted by molar-refractivity contribution is 5.50. The summed E-state index contributed by atoms with van der Waals surface area (Å²) >= 11 is 0. The Morgan fingerprint density at radius 3 is 2.50 bits per heavy atom. The maximum absolute atomic E-state index is 14.1. The van der Waals surface area contributed by atoms with Gasteiger partial charge in [0.2, 0.25) is 0 Å². The lowest BCUT2D eigenvalue weighted by atomic mass is 10.1. The number of benzene rings is 1. The molecule has 0 spiro atoms. The zero-order chi connectivity index (χ0) is 16.2. The van der Waals surface area contributed by atoms with E-state index in [4.69, 9.17) is 4.74 Å². The molecular formula is C18H31FN2O. The number of halogens is 1. The number of hydrogen-bond acceptors (Lipinski definition) is 3. The van der Waals surface area contributed by atoms with E-state index in [9.17, 15) is 4.39 Å². The zero-order valence-electron chi connectivity index (χ0n) is 14.3. The predicted molar refractivity (Wildman–Crippen MR) is 92.0 cm³/mol. The minimum atomic E-state index is -0.123. The van der Waals surface area contributed by atoms with Crippen LogP contribution in [0, 0.1) is 5.82 Å². The molecule has 0 saturated carbocycles. The van der Waals surface area contributed by atoms with E-state index >= 15 is 0 Å². The summed E-state index contributed by atoms with van der Waals surface area (Å²) < 4.78 is 19.4. The van der Waals surface area contributed by atoms with E-state index in [2.05, 4.69) is 24.1 Å². The predicted octanol–water partition coefficient (Wildman–Crippen LogP) is 3.97. The Morgan fingerprint density at radius 1 is 1.14 bits per heavy atom. The lowest BCUT2D eigenvalue weighted by molar-refractivity contribution is 0.144. The maximum Gasteiger partial charge on any atom is 0.146 e. The van der Waals surface area contributed by atoms with E-state index in [-0.39, 0.29) is 5.82 Å². The Bertz CT molecular complexity index is 406. The van der Waals surface area contributed by atoms with Gasteiger partial charge in [-0.25, -0.2) is 4.39 Å². The van der Waals surface area contributed by atoms with Gasteiger partial charge in [0.05, 0.1) is 5.69 Å². The molecule has 0 aromatic heterocycles. The van der Waals surface area contributed by atoms with Gasteiger partial charge in [-0.05, 0) is 50.4 Å². The summed E-state index contributed by atoms with van der Waals surface area (Å²) in [5.41, 5.74) is 1.86. The number of ether oxygens (including phenoxy) is 1. The van der Waals surface area contributed by atoms with Crippen molar-refractivity contribution < 1.29 is 9.13 Å². The molecule has 0 atom stereocenters. The summed E-state index contributed by atoms with van der Waals surface area (Å²) in [6.07, 6.45) is 3.05. The Kier molecular flexibility index (Phi) is 9.84. The quantitative estimate of drug-likeness (QED) is 0.591. The van der Waals surface area contributed by atoms with Gasteiger partial charge in [0.25, 0.3) is 0 Å². The van der Waals surface area contributed by atoms with E-state index in [1.54, 1.807) is 6.07 Å². The van der Waals surface area contributed by atoms with Gasteiger partial charge in [0.1, 0.15) is 5.82 Å². The molecule has 0 bridgehead atoms. The number of hydrogen-bond donors (Lipinski definition) is 1. The normalized spacial score (nSPS) is 10.9. The van der Waals surface area contributed by atoms with E-state index < -0.39 is 0 Å². The smallest absolute Gasteiger partial charge is 0.146 e. The van der Waals surface area contributed by atoms with Crippen LogP contribution in [-0.4, -0.2) is 32.8 Å². The molecule has 0 unspecified atom stereocenters. The van der Waals surface area contributed by atoms with Crippen LogP contribution in [-0.2, 0) is 11.3 Å². The van der Waals surface area contributed by atoms with Crippen LogP contribution in [0.2, 0.25) is 0 Å². The van der Waals surface area contributed by atoms with Crippen molar-refractivity contribution in [3.05, 3.63) is 29.6 Å². The highest BCUT2D eigenvalue weighted by Crippen LogP contribution is 2.21. The zero-order valence-corrected chi connectivity index (χ0v) is 14.3. The van der Waals surface area contributed by atoms with E-state index in [1.807, 2.05) is 19.1 Å². The molecule has 0 radical (unpaired) electrons. The summed E-state index contributed by atoms with van der Waals surface area (Å²) in [6, 6.07) is 5.44. The van der Waals surface area contributed by atoms with Crippen LogP contribution < -0.4 is 10.2 Å². The first-order valence-corrected chi connectivity index (χ1v) is 8.54. The van der Waals surface area contributed by atoms with Crippen molar-refractivity contribution >= 4 is 5.69 Å². The van der Waals surface area contributed by atoms with Crippen LogP contribution in [0.4, 0.5) is 10.1 Å². The second-order valence-corrected chi connectivity index (χ2v) is 5.50. The molecule has 3 nitrogen and oxygen atoms in total. The van der Waals surface area contributed by atoms with Crippen molar-refractivity contribution in [3.8, 4) is 0 Å². The number of rotatable bonds is 12. The third-order valence-electron chi connectivity index (χ3n) is 3.51. The van der Waals surface area contributed by atoms with Crippen molar-refractivity contribution in [1.29, 1.82) is 0 Å². The van der Waals surface area contributed by atoms with Gasteiger partial charge < -0.3 is 15.0 Å². The van der Waals surface area contributed by atoms with Crippen LogP contribution >= 0.6 is 0 Å². The van der Waals surface area contributed by atoms with Gasteiger partial charge in [0.15, 0.2) is 0 Å². The fourth-order valence-corrected chi connectivity index (χ4v) is 2.48. The van der Waals surface area contributed by atoms with Gasteiger partial charge in [-0.15, -0.1) is 0 Å². The SMILES string of the molecule is CCCN(CCC)c1cc(CNCCCOCC)ccc1F. The van der Waals surface area contributed by atoms with Gasteiger partial charge in [-0.1, -0.05) is 19.9 Å². The lowest BCUT2D eigenvalue weighted by Crippen LogP contribution is -2.26. The largest absolute Gasteiger partial charge is 0.382 e. The summed E-state index contributed by atoms with van der Waals surface area (Å²) in [5.74, 6) is -0.123. The minimum Gasteiger partial charge on any atom is -0.382 e. The van der Waals surface area contributed by atoms with E-state index in [1.165, 1.54) is 0 Å². The summed E-state index contributed by atoms with van der Waals surface area (Å²) in [5, 5.41) is 3.39. The molecule has 0 saturated heterocycles. The molecule has 0 amide bonds. The van der Waals surface area contributed by atoms with Crippen LogP contribution in [0.25, 0.3) is 0 Å². The van der Waals surface area contributed by atoms with Crippen LogP contribution in [0.15, 0.2) is 18.2 Å². The number of nitrogens with zero attached hydrogens (tertiary/aromatic N) is 1. The lowest BCUT2D eigenvalue weighted by Gasteiger charge is -2.25. The molecule has 0 heterocycles. The van der Waals surface area contributed by atoms with Crippen molar-refractivity contribution in [3.63, 3.8) is 0 Å². The molecule has 126 valence electrons. The molecule has 0 aliphatic heterocycles. The van der Waals surface area contributed by atoms with Crippen molar-refractivity contribution in [2.45, 2.75) is 46.6 Å². The number of anilines is 1. The monoisotopic (exact) mass is 310 g/mol. The Labute approximate surface area is 134 Å². The third-order valence-corrected chi connectivity index (χ3v) is 3.51. The standard InChI is InChI=1S/C18H31FN2O/c1-4-11-21(12-5-2)18-14-16(8-9-17(18)19)15-20-10-7-13-22-6-3/h8-9,14,20H,4-7,10-13,15H2,1-3H3. The summed E-state index contributed by atoms with van der Waals surface area (Å²) in [6.45, 7) is 11.3. The highest BCUT2D eigenvalue weighted by atomic mass is 19.1. The first-order chi connectivity index (χ1) is 10.7. The fourth-order valence-electron chi connectivity index (χ4n) is 2.48. The Hall–Kier alpha value is -1.13. The van der Waals surface area contributed by atoms with Gasteiger partial charge in [0, 0.05) is 32.8 Å². The molecule has 22 heavy (non-hydrogen) atoms. The second kappa shape index (κ2) is 11.4. The van der Waals surface area contributed by atoms with Crippen LogP contribution in [0.1, 0.15) is 45.6 Å². The molecule has 0 fully saturated rings. The average molecular weight is 310 g/mol. The molecule has 1 aromatic carbocycles. The Morgan fingerprint density at radius 2 is 1.86 bits per heavy atom. The van der Waals surface area contributed by atoms with Gasteiger partial charge >= 0.3 is 0 Å².